The zero-order valence-electron chi connectivity index (χ0n) is 21.0. The first-order chi connectivity index (χ1) is 16.6. The van der Waals surface area contributed by atoms with Crippen LogP contribution < -0.4 is 10.6 Å². The zero-order valence-corrected chi connectivity index (χ0v) is 21.0. The summed E-state index contributed by atoms with van der Waals surface area (Å²) in [5.41, 5.74) is 4.04. The van der Waals surface area contributed by atoms with Crippen LogP contribution in [0.1, 0.15) is 64.0 Å². The van der Waals surface area contributed by atoms with Crippen LogP contribution >= 0.6 is 0 Å². The SMILES string of the molecule is CC(C)CCC(NC(=O)CC(C)(C)CNC(=O)OCC1c2ccccc2-c2ccccc21)C(=O)O. The molecule has 0 bridgehead atoms. The van der Waals surface area contributed by atoms with Gasteiger partial charge in [0, 0.05) is 18.9 Å². The fourth-order valence-electron chi connectivity index (χ4n) is 4.46. The van der Waals surface area contributed by atoms with Gasteiger partial charge in [0.15, 0.2) is 0 Å². The summed E-state index contributed by atoms with van der Waals surface area (Å²) in [6.45, 7) is 8.16. The van der Waals surface area contributed by atoms with Crippen LogP contribution in [0.2, 0.25) is 0 Å². The van der Waals surface area contributed by atoms with Crippen LogP contribution in [0.15, 0.2) is 48.5 Å². The number of aliphatic carboxylic acids is 1. The average Bonchev–Trinajstić information content (AvgIpc) is 3.12. The lowest BCUT2D eigenvalue weighted by Gasteiger charge is -2.25. The third-order valence-electron chi connectivity index (χ3n) is 6.36. The lowest BCUT2D eigenvalue weighted by atomic mass is 9.88. The number of fused-ring (bicyclic) bond motifs is 3. The van der Waals surface area contributed by atoms with Crippen molar-refractivity contribution in [3.8, 4) is 11.1 Å². The van der Waals surface area contributed by atoms with Crippen molar-refractivity contribution in [1.82, 2.24) is 10.6 Å². The van der Waals surface area contributed by atoms with E-state index in [2.05, 4.69) is 34.9 Å². The third-order valence-corrected chi connectivity index (χ3v) is 6.36. The van der Waals surface area contributed by atoms with Gasteiger partial charge in [0.1, 0.15) is 12.6 Å². The smallest absolute Gasteiger partial charge is 0.407 e. The molecule has 0 heterocycles. The topological polar surface area (TPSA) is 105 Å². The molecule has 0 fully saturated rings. The number of amides is 2. The largest absolute Gasteiger partial charge is 0.480 e. The summed E-state index contributed by atoms with van der Waals surface area (Å²) in [6, 6.07) is 15.4. The molecular weight excluding hydrogens is 444 g/mol. The van der Waals surface area contributed by atoms with Gasteiger partial charge in [0.2, 0.25) is 5.91 Å². The van der Waals surface area contributed by atoms with E-state index in [1.807, 2.05) is 52.0 Å². The number of ether oxygens (including phenoxy) is 1. The van der Waals surface area contributed by atoms with Crippen LogP contribution in [-0.2, 0) is 14.3 Å². The predicted molar refractivity (Wildman–Crippen MR) is 135 cm³/mol. The molecule has 2 aromatic rings. The summed E-state index contributed by atoms with van der Waals surface area (Å²) in [6.07, 6.45) is 0.643. The first kappa shape index (κ1) is 26.3. The highest BCUT2D eigenvalue weighted by Crippen LogP contribution is 2.44. The van der Waals surface area contributed by atoms with Crippen molar-refractivity contribution in [3.05, 3.63) is 59.7 Å². The maximum atomic E-state index is 12.5. The van der Waals surface area contributed by atoms with Crippen molar-refractivity contribution in [1.29, 1.82) is 0 Å². The number of carboxylic acid groups (broad SMARTS) is 1. The molecule has 1 aliphatic rings. The highest BCUT2D eigenvalue weighted by molar-refractivity contribution is 5.84. The number of carbonyl (C=O) groups is 3. The molecule has 2 aromatic carbocycles. The first-order valence-electron chi connectivity index (χ1n) is 12.2. The van der Waals surface area contributed by atoms with Crippen LogP contribution in [0, 0.1) is 11.3 Å². The van der Waals surface area contributed by atoms with E-state index in [0.29, 0.717) is 18.8 Å². The predicted octanol–water partition coefficient (Wildman–Crippen LogP) is 4.95. The van der Waals surface area contributed by atoms with Crippen LogP contribution in [0.3, 0.4) is 0 Å². The van der Waals surface area contributed by atoms with Crippen LogP contribution in [0.25, 0.3) is 11.1 Å². The third kappa shape index (κ3) is 7.07. The zero-order chi connectivity index (χ0) is 25.6. The monoisotopic (exact) mass is 480 g/mol. The van der Waals surface area contributed by atoms with E-state index in [0.717, 1.165) is 22.3 Å². The maximum absolute atomic E-state index is 12.5. The van der Waals surface area contributed by atoms with E-state index in [9.17, 15) is 19.5 Å². The molecule has 1 unspecified atom stereocenters. The van der Waals surface area contributed by atoms with Gasteiger partial charge >= 0.3 is 12.1 Å². The lowest BCUT2D eigenvalue weighted by Crippen LogP contribution is -2.44. The summed E-state index contributed by atoms with van der Waals surface area (Å²) in [4.78, 5) is 36.4. The minimum absolute atomic E-state index is 0.0225. The number of alkyl carbamates (subject to hydrolysis) is 1. The highest BCUT2D eigenvalue weighted by Gasteiger charge is 2.30. The number of nitrogens with one attached hydrogen (secondary N) is 2. The molecular formula is C28H36N2O5. The summed E-state index contributed by atoms with van der Waals surface area (Å²) >= 11 is 0. The first-order valence-corrected chi connectivity index (χ1v) is 12.2. The van der Waals surface area contributed by atoms with E-state index in [1.165, 1.54) is 0 Å². The second-order valence-electron chi connectivity index (χ2n) is 10.4. The molecule has 0 spiro atoms. The van der Waals surface area contributed by atoms with Gasteiger partial charge in [-0.2, -0.15) is 0 Å². The van der Waals surface area contributed by atoms with Crippen LogP contribution in [-0.4, -0.2) is 42.3 Å². The molecule has 188 valence electrons. The van der Waals surface area contributed by atoms with Crippen molar-refractivity contribution >= 4 is 18.0 Å². The minimum atomic E-state index is -1.03. The summed E-state index contributed by atoms with van der Waals surface area (Å²) in [7, 11) is 0. The highest BCUT2D eigenvalue weighted by atomic mass is 16.5. The second kappa shape index (κ2) is 11.4. The van der Waals surface area contributed by atoms with Gasteiger partial charge in [-0.3, -0.25) is 4.79 Å². The minimum Gasteiger partial charge on any atom is -0.480 e. The van der Waals surface area contributed by atoms with Gasteiger partial charge in [0.25, 0.3) is 0 Å². The summed E-state index contributed by atoms with van der Waals surface area (Å²) < 4.78 is 5.56. The van der Waals surface area contributed by atoms with E-state index >= 15 is 0 Å². The number of hydrogen-bond donors (Lipinski definition) is 3. The molecule has 1 atom stereocenters. The molecule has 7 nitrogen and oxygen atoms in total. The Balaban J connectivity index is 1.49. The van der Waals surface area contributed by atoms with Gasteiger partial charge in [-0.15, -0.1) is 0 Å². The molecule has 3 N–H and O–H groups in total. The number of rotatable bonds is 11. The van der Waals surface area contributed by atoms with Crippen molar-refractivity contribution in [2.75, 3.05) is 13.2 Å². The average molecular weight is 481 g/mol. The Bertz CT molecular complexity index is 1020. The fraction of sp³-hybridized carbons (Fsp3) is 0.464. The van der Waals surface area contributed by atoms with Gasteiger partial charge in [-0.1, -0.05) is 76.2 Å². The number of hydrogen-bond acceptors (Lipinski definition) is 4. The van der Waals surface area contributed by atoms with Gasteiger partial charge in [-0.25, -0.2) is 9.59 Å². The normalized spacial score (nSPS) is 13.6. The Morgan fingerprint density at radius 3 is 2.09 bits per heavy atom. The van der Waals surface area contributed by atoms with E-state index < -0.39 is 23.5 Å². The number of benzene rings is 2. The Labute approximate surface area is 207 Å². The summed E-state index contributed by atoms with van der Waals surface area (Å²) in [5, 5.41) is 14.8. The van der Waals surface area contributed by atoms with E-state index in [1.54, 1.807) is 0 Å². The molecule has 0 aromatic heterocycles. The Hall–Kier alpha value is -3.35. The molecule has 2 amide bonds. The maximum Gasteiger partial charge on any atom is 0.407 e. The Morgan fingerprint density at radius 2 is 1.54 bits per heavy atom. The molecule has 35 heavy (non-hydrogen) atoms. The van der Waals surface area contributed by atoms with Gasteiger partial charge < -0.3 is 20.5 Å². The molecule has 0 saturated carbocycles. The molecule has 0 aliphatic heterocycles. The summed E-state index contributed by atoms with van der Waals surface area (Å²) in [5.74, 6) is -1.05. The van der Waals surface area contributed by atoms with Crippen molar-refractivity contribution in [3.63, 3.8) is 0 Å². The molecule has 0 saturated heterocycles. The quantitative estimate of drug-likeness (QED) is 0.422. The molecule has 0 radical (unpaired) electrons. The van der Waals surface area contributed by atoms with E-state index in [-0.39, 0.29) is 31.4 Å². The van der Waals surface area contributed by atoms with Crippen molar-refractivity contribution < 1.29 is 24.2 Å². The molecule has 3 rings (SSSR count). The van der Waals surface area contributed by atoms with Gasteiger partial charge in [0.05, 0.1) is 0 Å². The second-order valence-corrected chi connectivity index (χ2v) is 10.4. The Morgan fingerprint density at radius 1 is 0.971 bits per heavy atom. The molecule has 1 aliphatic carbocycles. The lowest BCUT2D eigenvalue weighted by molar-refractivity contribution is -0.142. The van der Waals surface area contributed by atoms with Gasteiger partial charge in [-0.05, 0) is 46.4 Å². The standard InChI is InChI=1S/C28H36N2O5/c1-18(2)13-14-24(26(32)33)30-25(31)15-28(3,4)17-29-27(34)35-16-23-21-11-7-5-9-19(21)20-10-6-8-12-22(20)23/h5-12,18,23-24H,13-17H2,1-4H3,(H,29,34)(H,30,31)(H,32,33). The molecule has 7 heteroatoms. The fourth-order valence-corrected chi connectivity index (χ4v) is 4.46. The van der Waals surface area contributed by atoms with Crippen LogP contribution in [0.4, 0.5) is 4.79 Å². The Kier molecular flexibility index (Phi) is 8.54. The number of carboxylic acids is 1. The number of carbonyl (C=O) groups excluding carboxylic acids is 2. The van der Waals surface area contributed by atoms with E-state index in [4.69, 9.17) is 4.74 Å². The van der Waals surface area contributed by atoms with Crippen molar-refractivity contribution in [2.24, 2.45) is 11.3 Å². The van der Waals surface area contributed by atoms with Crippen LogP contribution in [0.5, 0.6) is 0 Å². The van der Waals surface area contributed by atoms with Crippen molar-refractivity contribution in [2.45, 2.75) is 58.9 Å².